The lowest BCUT2D eigenvalue weighted by Gasteiger charge is -2.08. The number of aromatic nitrogens is 2. The van der Waals surface area contributed by atoms with E-state index in [4.69, 9.17) is 10.5 Å². The summed E-state index contributed by atoms with van der Waals surface area (Å²) in [5, 5.41) is 0. The first-order valence-corrected chi connectivity index (χ1v) is 3.82. The molecule has 0 saturated carbocycles. The molecule has 0 saturated heterocycles. The molecule has 0 fully saturated rings. The van der Waals surface area contributed by atoms with E-state index in [9.17, 15) is 0 Å². The van der Waals surface area contributed by atoms with Crippen LogP contribution in [-0.2, 0) is 11.2 Å². The second-order valence-corrected chi connectivity index (χ2v) is 2.62. The highest BCUT2D eigenvalue weighted by Crippen LogP contribution is 1.95. The standard InChI is InChI=1S/C8H13N3O/c1-12-5-7(9)4-8-2-3-10-6-11-8/h2-3,6-7H,4-5,9H2,1H3. The lowest BCUT2D eigenvalue weighted by atomic mass is 10.2. The molecular formula is C8H13N3O. The minimum Gasteiger partial charge on any atom is -0.383 e. The van der Waals surface area contributed by atoms with Crippen LogP contribution in [-0.4, -0.2) is 29.7 Å². The van der Waals surface area contributed by atoms with Gasteiger partial charge in [-0.2, -0.15) is 0 Å². The summed E-state index contributed by atoms with van der Waals surface area (Å²) in [6.07, 6.45) is 3.97. The van der Waals surface area contributed by atoms with Gasteiger partial charge in [0.1, 0.15) is 6.33 Å². The number of rotatable bonds is 4. The van der Waals surface area contributed by atoms with E-state index in [1.807, 2.05) is 6.07 Å². The fraction of sp³-hybridized carbons (Fsp3) is 0.500. The predicted octanol–water partition coefficient (Wildman–Crippen LogP) is -0.00720. The highest BCUT2D eigenvalue weighted by atomic mass is 16.5. The van der Waals surface area contributed by atoms with Crippen LogP contribution in [0.5, 0.6) is 0 Å². The average molecular weight is 167 g/mol. The van der Waals surface area contributed by atoms with Crippen molar-refractivity contribution in [2.75, 3.05) is 13.7 Å². The minimum absolute atomic E-state index is 0.0184. The third-order valence-electron chi connectivity index (χ3n) is 1.50. The van der Waals surface area contributed by atoms with E-state index < -0.39 is 0 Å². The van der Waals surface area contributed by atoms with Crippen LogP contribution in [0.25, 0.3) is 0 Å². The van der Waals surface area contributed by atoms with Crippen LogP contribution in [0.3, 0.4) is 0 Å². The van der Waals surface area contributed by atoms with Gasteiger partial charge >= 0.3 is 0 Å². The Morgan fingerprint density at radius 1 is 1.67 bits per heavy atom. The first-order valence-electron chi connectivity index (χ1n) is 3.82. The van der Waals surface area contributed by atoms with Crippen LogP contribution in [0.4, 0.5) is 0 Å². The molecule has 0 bridgehead atoms. The molecule has 66 valence electrons. The molecular weight excluding hydrogens is 154 g/mol. The van der Waals surface area contributed by atoms with E-state index in [1.54, 1.807) is 13.3 Å². The minimum atomic E-state index is 0.0184. The Morgan fingerprint density at radius 3 is 3.08 bits per heavy atom. The smallest absolute Gasteiger partial charge is 0.115 e. The quantitative estimate of drug-likeness (QED) is 0.685. The number of nitrogens with zero attached hydrogens (tertiary/aromatic N) is 2. The molecule has 1 unspecified atom stereocenters. The van der Waals surface area contributed by atoms with Gasteiger partial charge in [-0.15, -0.1) is 0 Å². The first kappa shape index (κ1) is 9.09. The van der Waals surface area contributed by atoms with Crippen LogP contribution in [0.15, 0.2) is 18.6 Å². The summed E-state index contributed by atoms with van der Waals surface area (Å²) in [6, 6.07) is 1.88. The molecule has 1 heterocycles. The van der Waals surface area contributed by atoms with E-state index >= 15 is 0 Å². The van der Waals surface area contributed by atoms with Crippen molar-refractivity contribution in [2.45, 2.75) is 12.5 Å². The number of hydrogen-bond donors (Lipinski definition) is 1. The van der Waals surface area contributed by atoms with Gasteiger partial charge in [0.2, 0.25) is 0 Å². The molecule has 12 heavy (non-hydrogen) atoms. The zero-order valence-corrected chi connectivity index (χ0v) is 7.10. The molecule has 1 atom stereocenters. The Bertz CT molecular complexity index is 215. The van der Waals surface area contributed by atoms with Gasteiger partial charge in [-0.25, -0.2) is 9.97 Å². The SMILES string of the molecule is COCC(N)Cc1ccncn1. The lowest BCUT2D eigenvalue weighted by molar-refractivity contribution is 0.179. The van der Waals surface area contributed by atoms with E-state index in [0.717, 1.165) is 12.1 Å². The van der Waals surface area contributed by atoms with Crippen molar-refractivity contribution in [3.63, 3.8) is 0 Å². The van der Waals surface area contributed by atoms with Crippen molar-refractivity contribution in [1.82, 2.24) is 9.97 Å². The zero-order valence-electron chi connectivity index (χ0n) is 7.10. The Morgan fingerprint density at radius 2 is 2.50 bits per heavy atom. The van der Waals surface area contributed by atoms with Crippen LogP contribution in [0, 0.1) is 0 Å². The highest BCUT2D eigenvalue weighted by molar-refractivity contribution is 4.99. The summed E-state index contributed by atoms with van der Waals surface area (Å²) in [6.45, 7) is 0.560. The molecule has 0 aliphatic rings. The maximum absolute atomic E-state index is 5.73. The number of ether oxygens (including phenoxy) is 1. The van der Waals surface area contributed by atoms with Gasteiger partial charge in [0.05, 0.1) is 6.61 Å². The molecule has 2 N–H and O–H groups in total. The summed E-state index contributed by atoms with van der Waals surface area (Å²) in [7, 11) is 1.64. The maximum atomic E-state index is 5.73. The number of hydrogen-bond acceptors (Lipinski definition) is 4. The highest BCUT2D eigenvalue weighted by Gasteiger charge is 2.03. The van der Waals surface area contributed by atoms with Crippen molar-refractivity contribution in [1.29, 1.82) is 0 Å². The molecule has 0 spiro atoms. The molecule has 0 amide bonds. The van der Waals surface area contributed by atoms with Gasteiger partial charge in [0, 0.05) is 31.5 Å². The molecule has 1 aromatic rings. The maximum Gasteiger partial charge on any atom is 0.115 e. The zero-order chi connectivity index (χ0) is 8.81. The fourth-order valence-corrected chi connectivity index (χ4v) is 0.980. The summed E-state index contributed by atoms with van der Waals surface area (Å²) in [5.74, 6) is 0. The van der Waals surface area contributed by atoms with Crippen molar-refractivity contribution in [2.24, 2.45) is 5.73 Å². The van der Waals surface area contributed by atoms with E-state index in [1.165, 1.54) is 6.33 Å². The fourth-order valence-electron chi connectivity index (χ4n) is 0.980. The van der Waals surface area contributed by atoms with Crippen LogP contribution in [0.1, 0.15) is 5.69 Å². The van der Waals surface area contributed by atoms with Gasteiger partial charge in [-0.3, -0.25) is 0 Å². The third-order valence-corrected chi connectivity index (χ3v) is 1.50. The lowest BCUT2D eigenvalue weighted by Crippen LogP contribution is -2.28. The van der Waals surface area contributed by atoms with Gasteiger partial charge in [-0.05, 0) is 6.07 Å². The molecule has 4 heteroatoms. The molecule has 0 aliphatic heterocycles. The molecule has 0 aliphatic carbocycles. The number of methoxy groups -OCH3 is 1. The van der Waals surface area contributed by atoms with Crippen molar-refractivity contribution in [3.8, 4) is 0 Å². The van der Waals surface area contributed by atoms with Crippen molar-refractivity contribution >= 4 is 0 Å². The van der Waals surface area contributed by atoms with Gasteiger partial charge in [0.15, 0.2) is 0 Å². The normalized spacial score (nSPS) is 12.8. The molecule has 0 radical (unpaired) electrons. The largest absolute Gasteiger partial charge is 0.383 e. The second kappa shape index (κ2) is 4.79. The monoisotopic (exact) mass is 167 g/mol. The van der Waals surface area contributed by atoms with Crippen LogP contribution < -0.4 is 5.73 Å². The summed E-state index contributed by atoms with van der Waals surface area (Å²) < 4.78 is 4.91. The van der Waals surface area contributed by atoms with Crippen LogP contribution >= 0.6 is 0 Å². The Kier molecular flexibility index (Phi) is 3.63. The molecule has 0 aromatic carbocycles. The van der Waals surface area contributed by atoms with E-state index in [2.05, 4.69) is 9.97 Å². The summed E-state index contributed by atoms with van der Waals surface area (Å²) >= 11 is 0. The van der Waals surface area contributed by atoms with Crippen molar-refractivity contribution < 1.29 is 4.74 Å². The second-order valence-electron chi connectivity index (χ2n) is 2.62. The Labute approximate surface area is 71.8 Å². The summed E-state index contributed by atoms with van der Waals surface area (Å²) in [5.41, 5.74) is 6.68. The van der Waals surface area contributed by atoms with E-state index in [-0.39, 0.29) is 6.04 Å². The first-order chi connectivity index (χ1) is 5.83. The predicted molar refractivity (Wildman–Crippen MR) is 45.6 cm³/mol. The molecule has 1 aromatic heterocycles. The van der Waals surface area contributed by atoms with Gasteiger partial charge < -0.3 is 10.5 Å². The van der Waals surface area contributed by atoms with Crippen LogP contribution in [0.2, 0.25) is 0 Å². The average Bonchev–Trinajstić information content (AvgIpc) is 2.06. The molecule has 1 rings (SSSR count). The Balaban J connectivity index is 2.41. The third kappa shape index (κ3) is 2.94. The topological polar surface area (TPSA) is 61.0 Å². The molecule has 4 nitrogen and oxygen atoms in total. The van der Waals surface area contributed by atoms with Crippen molar-refractivity contribution in [3.05, 3.63) is 24.3 Å². The Hall–Kier alpha value is -1.00. The van der Waals surface area contributed by atoms with E-state index in [0.29, 0.717) is 6.61 Å². The summed E-state index contributed by atoms with van der Waals surface area (Å²) in [4.78, 5) is 7.87. The number of nitrogens with two attached hydrogens (primary N) is 1. The van der Waals surface area contributed by atoms with Gasteiger partial charge in [-0.1, -0.05) is 0 Å². The van der Waals surface area contributed by atoms with Gasteiger partial charge in [0.25, 0.3) is 0 Å².